The smallest absolute Gasteiger partial charge is 0.0580 e. The van der Waals surface area contributed by atoms with Crippen molar-refractivity contribution in [1.29, 1.82) is 0 Å². The molecule has 0 aromatic heterocycles. The van der Waals surface area contributed by atoms with Crippen LogP contribution in [0.15, 0.2) is 0 Å². The Labute approximate surface area is 125 Å². The zero-order chi connectivity index (χ0) is 14.4. The van der Waals surface area contributed by atoms with Gasteiger partial charge >= 0.3 is 0 Å². The van der Waals surface area contributed by atoms with E-state index in [-0.39, 0.29) is 6.10 Å². The monoisotopic (exact) mass is 281 g/mol. The molecule has 0 aromatic carbocycles. The summed E-state index contributed by atoms with van der Waals surface area (Å²) in [6, 6.07) is 0.799. The third kappa shape index (κ3) is 4.46. The first-order valence-corrected chi connectivity index (χ1v) is 9.16. The van der Waals surface area contributed by atoms with Crippen LogP contribution in [0.4, 0.5) is 0 Å². The van der Waals surface area contributed by atoms with E-state index in [4.69, 9.17) is 0 Å². The number of aliphatic hydroxyl groups is 1. The van der Waals surface area contributed by atoms with Gasteiger partial charge in [-0.3, -0.25) is 0 Å². The van der Waals surface area contributed by atoms with Gasteiger partial charge in [-0.05, 0) is 50.5 Å². The zero-order valence-electron chi connectivity index (χ0n) is 13.7. The molecule has 0 aromatic rings. The van der Waals surface area contributed by atoms with Gasteiger partial charge in [0, 0.05) is 12.6 Å². The molecule has 0 saturated heterocycles. The molecule has 0 aliphatic heterocycles. The van der Waals surface area contributed by atoms with Crippen LogP contribution in [-0.2, 0) is 0 Å². The molecule has 118 valence electrons. The molecule has 2 aliphatic rings. The lowest BCUT2D eigenvalue weighted by atomic mass is 9.77. The van der Waals surface area contributed by atoms with Crippen LogP contribution in [0.2, 0.25) is 0 Å². The Balaban J connectivity index is 1.87. The van der Waals surface area contributed by atoms with Crippen LogP contribution in [0, 0.1) is 11.8 Å². The largest absolute Gasteiger partial charge is 0.393 e. The molecule has 20 heavy (non-hydrogen) atoms. The molecule has 0 heterocycles. The SMILES string of the molecule is CCCC1CCC(O)C(CN(CC)C2CCCCC2)C1. The van der Waals surface area contributed by atoms with Crippen molar-refractivity contribution in [2.24, 2.45) is 11.8 Å². The molecule has 2 aliphatic carbocycles. The molecule has 0 radical (unpaired) electrons. The Morgan fingerprint density at radius 3 is 2.40 bits per heavy atom. The Morgan fingerprint density at radius 1 is 1.00 bits per heavy atom. The van der Waals surface area contributed by atoms with E-state index in [2.05, 4.69) is 18.7 Å². The van der Waals surface area contributed by atoms with Crippen molar-refractivity contribution in [3.05, 3.63) is 0 Å². The molecule has 2 fully saturated rings. The summed E-state index contributed by atoms with van der Waals surface area (Å²) in [5.41, 5.74) is 0. The second kappa shape index (κ2) is 8.38. The summed E-state index contributed by atoms with van der Waals surface area (Å²) >= 11 is 0. The van der Waals surface area contributed by atoms with E-state index in [0.717, 1.165) is 31.5 Å². The molecule has 0 spiro atoms. The van der Waals surface area contributed by atoms with E-state index >= 15 is 0 Å². The summed E-state index contributed by atoms with van der Waals surface area (Å²) in [6.07, 6.45) is 13.2. The van der Waals surface area contributed by atoms with Gasteiger partial charge in [0.2, 0.25) is 0 Å². The maximum Gasteiger partial charge on any atom is 0.0580 e. The topological polar surface area (TPSA) is 23.5 Å². The highest BCUT2D eigenvalue weighted by molar-refractivity contribution is 4.84. The normalized spacial score (nSPS) is 32.7. The van der Waals surface area contributed by atoms with E-state index < -0.39 is 0 Å². The van der Waals surface area contributed by atoms with E-state index in [9.17, 15) is 5.11 Å². The molecule has 0 bridgehead atoms. The van der Waals surface area contributed by atoms with Crippen LogP contribution in [0.3, 0.4) is 0 Å². The van der Waals surface area contributed by atoms with E-state index in [0.29, 0.717) is 5.92 Å². The summed E-state index contributed by atoms with van der Waals surface area (Å²) in [7, 11) is 0. The maximum atomic E-state index is 10.4. The number of hydrogen-bond acceptors (Lipinski definition) is 2. The minimum absolute atomic E-state index is 0.0410. The molecular formula is C18H35NO. The fourth-order valence-electron chi connectivity index (χ4n) is 4.50. The third-order valence-electron chi connectivity index (χ3n) is 5.71. The molecule has 1 N–H and O–H groups in total. The fraction of sp³-hybridized carbons (Fsp3) is 1.00. The van der Waals surface area contributed by atoms with Crippen molar-refractivity contribution in [3.63, 3.8) is 0 Å². The van der Waals surface area contributed by atoms with Crippen molar-refractivity contribution in [3.8, 4) is 0 Å². The van der Waals surface area contributed by atoms with Gasteiger partial charge in [-0.1, -0.05) is 46.0 Å². The van der Waals surface area contributed by atoms with Crippen LogP contribution < -0.4 is 0 Å². The minimum atomic E-state index is -0.0410. The lowest BCUT2D eigenvalue weighted by Crippen LogP contribution is -2.44. The molecule has 3 unspecified atom stereocenters. The quantitative estimate of drug-likeness (QED) is 0.788. The molecular weight excluding hydrogens is 246 g/mol. The van der Waals surface area contributed by atoms with Crippen molar-refractivity contribution < 1.29 is 5.11 Å². The van der Waals surface area contributed by atoms with Gasteiger partial charge in [0.1, 0.15) is 0 Å². The van der Waals surface area contributed by atoms with Crippen LogP contribution in [-0.4, -0.2) is 35.2 Å². The summed E-state index contributed by atoms with van der Waals surface area (Å²) < 4.78 is 0. The van der Waals surface area contributed by atoms with Gasteiger partial charge in [0.05, 0.1) is 6.10 Å². The Kier molecular flexibility index (Phi) is 6.83. The molecule has 2 saturated carbocycles. The third-order valence-corrected chi connectivity index (χ3v) is 5.71. The predicted octanol–water partition coefficient (Wildman–Crippen LogP) is 4.22. The van der Waals surface area contributed by atoms with Crippen molar-refractivity contribution in [1.82, 2.24) is 4.90 Å². The van der Waals surface area contributed by atoms with E-state index in [1.165, 1.54) is 57.8 Å². The Bertz CT molecular complexity index is 262. The van der Waals surface area contributed by atoms with Gasteiger partial charge in [-0.2, -0.15) is 0 Å². The first-order chi connectivity index (χ1) is 9.74. The molecule has 3 atom stereocenters. The van der Waals surface area contributed by atoms with Crippen molar-refractivity contribution >= 4 is 0 Å². The summed E-state index contributed by atoms with van der Waals surface area (Å²) in [6.45, 7) is 6.89. The van der Waals surface area contributed by atoms with Crippen LogP contribution >= 0.6 is 0 Å². The minimum Gasteiger partial charge on any atom is -0.393 e. The van der Waals surface area contributed by atoms with Crippen molar-refractivity contribution in [2.45, 2.75) is 90.2 Å². The van der Waals surface area contributed by atoms with Gasteiger partial charge in [0.25, 0.3) is 0 Å². The molecule has 2 heteroatoms. The second-order valence-electron chi connectivity index (χ2n) is 7.17. The first kappa shape index (κ1) is 16.3. The van der Waals surface area contributed by atoms with Gasteiger partial charge in [0.15, 0.2) is 0 Å². The lowest BCUT2D eigenvalue weighted by Gasteiger charge is -2.40. The first-order valence-electron chi connectivity index (χ1n) is 9.16. The number of nitrogens with zero attached hydrogens (tertiary/aromatic N) is 1. The second-order valence-corrected chi connectivity index (χ2v) is 7.17. The highest BCUT2D eigenvalue weighted by Crippen LogP contribution is 2.34. The highest BCUT2D eigenvalue weighted by Gasteiger charge is 2.31. The van der Waals surface area contributed by atoms with Crippen LogP contribution in [0.5, 0.6) is 0 Å². The summed E-state index contributed by atoms with van der Waals surface area (Å²) in [5.74, 6) is 1.40. The summed E-state index contributed by atoms with van der Waals surface area (Å²) in [4.78, 5) is 2.68. The number of hydrogen-bond donors (Lipinski definition) is 1. The standard InChI is InChI=1S/C18H35NO/c1-3-8-15-11-12-18(20)16(13-15)14-19(4-2)17-9-6-5-7-10-17/h15-18,20H,3-14H2,1-2H3. The average Bonchev–Trinajstić information content (AvgIpc) is 2.49. The van der Waals surface area contributed by atoms with Crippen molar-refractivity contribution in [2.75, 3.05) is 13.1 Å². The fourth-order valence-corrected chi connectivity index (χ4v) is 4.50. The number of aliphatic hydroxyl groups excluding tert-OH is 1. The lowest BCUT2D eigenvalue weighted by molar-refractivity contribution is 0.0144. The Morgan fingerprint density at radius 2 is 1.75 bits per heavy atom. The van der Waals surface area contributed by atoms with Crippen LogP contribution in [0.25, 0.3) is 0 Å². The molecule has 2 nitrogen and oxygen atoms in total. The van der Waals surface area contributed by atoms with Gasteiger partial charge in [-0.15, -0.1) is 0 Å². The van der Waals surface area contributed by atoms with E-state index in [1.54, 1.807) is 0 Å². The summed E-state index contributed by atoms with van der Waals surface area (Å²) in [5, 5.41) is 10.4. The average molecular weight is 281 g/mol. The number of rotatable bonds is 6. The van der Waals surface area contributed by atoms with E-state index in [1.807, 2.05) is 0 Å². The van der Waals surface area contributed by atoms with Crippen LogP contribution in [0.1, 0.15) is 78.1 Å². The Hall–Kier alpha value is -0.0800. The predicted molar refractivity (Wildman–Crippen MR) is 85.9 cm³/mol. The van der Waals surface area contributed by atoms with Gasteiger partial charge in [-0.25, -0.2) is 0 Å². The maximum absolute atomic E-state index is 10.4. The van der Waals surface area contributed by atoms with Gasteiger partial charge < -0.3 is 10.0 Å². The molecule has 0 amide bonds. The zero-order valence-corrected chi connectivity index (χ0v) is 13.7. The highest BCUT2D eigenvalue weighted by atomic mass is 16.3. The molecule has 2 rings (SSSR count).